The summed E-state index contributed by atoms with van der Waals surface area (Å²) in [5.41, 5.74) is 0. The Bertz CT molecular complexity index is 123. The van der Waals surface area contributed by atoms with Crippen LogP contribution in [0.2, 0.25) is 0 Å². The predicted molar refractivity (Wildman–Crippen MR) is 64.3 cm³/mol. The molecule has 0 aliphatic heterocycles. The number of thiocarbonyl (C=S) groups is 1. The second-order valence-electron chi connectivity index (χ2n) is 3.54. The van der Waals surface area contributed by atoms with Gasteiger partial charge in [0, 0.05) is 7.05 Å². The molecule has 0 aliphatic carbocycles. The van der Waals surface area contributed by atoms with Crippen LogP contribution in [0.4, 0.5) is 0 Å². The first kappa shape index (κ1) is 12.9. The van der Waals surface area contributed by atoms with E-state index in [9.17, 15) is 0 Å². The van der Waals surface area contributed by atoms with Crippen LogP contribution >= 0.6 is 12.2 Å². The zero-order chi connectivity index (χ0) is 9.94. The maximum absolute atomic E-state index is 5.06. The Morgan fingerprint density at radius 2 is 1.54 bits per heavy atom. The van der Waals surface area contributed by atoms with Gasteiger partial charge in [0.25, 0.3) is 0 Å². The van der Waals surface area contributed by atoms with Gasteiger partial charge < -0.3 is 5.32 Å². The van der Waals surface area contributed by atoms with E-state index in [-0.39, 0.29) is 0 Å². The van der Waals surface area contributed by atoms with Crippen LogP contribution < -0.4 is 5.32 Å². The van der Waals surface area contributed by atoms with Gasteiger partial charge in [0.2, 0.25) is 0 Å². The van der Waals surface area contributed by atoms with Crippen LogP contribution in [0.1, 0.15) is 58.3 Å². The topological polar surface area (TPSA) is 12.0 Å². The van der Waals surface area contributed by atoms with Gasteiger partial charge in [-0.2, -0.15) is 0 Å². The van der Waals surface area contributed by atoms with Gasteiger partial charge in [-0.1, -0.05) is 57.7 Å². The van der Waals surface area contributed by atoms with Crippen LogP contribution in [-0.4, -0.2) is 12.0 Å². The average molecular weight is 201 g/mol. The summed E-state index contributed by atoms with van der Waals surface area (Å²) in [5, 5.41) is 3.01. The molecule has 0 fully saturated rings. The van der Waals surface area contributed by atoms with E-state index in [0.29, 0.717) is 0 Å². The van der Waals surface area contributed by atoms with Crippen LogP contribution in [0.5, 0.6) is 0 Å². The molecule has 0 aromatic carbocycles. The highest BCUT2D eigenvalue weighted by atomic mass is 32.1. The Hall–Kier alpha value is -0.110. The first-order chi connectivity index (χ1) is 6.31. The smallest absolute Gasteiger partial charge is 0.0750 e. The number of hydrogen-bond donors (Lipinski definition) is 1. The lowest BCUT2D eigenvalue weighted by molar-refractivity contribution is 0.595. The zero-order valence-corrected chi connectivity index (χ0v) is 9.88. The zero-order valence-electron chi connectivity index (χ0n) is 9.07. The molecule has 0 unspecified atom stereocenters. The van der Waals surface area contributed by atoms with Crippen molar-refractivity contribution in [1.82, 2.24) is 5.32 Å². The standard InChI is InChI=1S/C11H23NS/c1-3-4-5-6-7-8-9-10-11(13)12-2/h3-10H2,1-2H3,(H,12,13). The molecule has 2 heteroatoms. The van der Waals surface area contributed by atoms with E-state index in [1.54, 1.807) is 0 Å². The van der Waals surface area contributed by atoms with Gasteiger partial charge in [0.05, 0.1) is 4.99 Å². The average Bonchev–Trinajstić information content (AvgIpc) is 2.16. The second-order valence-corrected chi connectivity index (χ2v) is 4.04. The largest absolute Gasteiger partial charge is 0.383 e. The van der Waals surface area contributed by atoms with Crippen molar-refractivity contribution in [3.8, 4) is 0 Å². The molecule has 0 radical (unpaired) electrons. The monoisotopic (exact) mass is 201 g/mol. The molecule has 0 heterocycles. The quantitative estimate of drug-likeness (QED) is 0.475. The summed E-state index contributed by atoms with van der Waals surface area (Å²) in [4.78, 5) is 1.01. The Morgan fingerprint density at radius 3 is 2.08 bits per heavy atom. The van der Waals surface area contributed by atoms with Crippen LogP contribution in [0.25, 0.3) is 0 Å². The van der Waals surface area contributed by atoms with Gasteiger partial charge in [-0.15, -0.1) is 0 Å². The van der Waals surface area contributed by atoms with Gasteiger partial charge >= 0.3 is 0 Å². The van der Waals surface area contributed by atoms with Gasteiger partial charge in [0.1, 0.15) is 0 Å². The fourth-order valence-corrected chi connectivity index (χ4v) is 1.51. The Morgan fingerprint density at radius 1 is 1.00 bits per heavy atom. The molecule has 0 saturated carbocycles. The number of hydrogen-bond acceptors (Lipinski definition) is 1. The molecule has 0 aliphatic rings. The van der Waals surface area contributed by atoms with E-state index in [1.165, 1.54) is 44.9 Å². The third-order valence-electron chi connectivity index (χ3n) is 2.29. The minimum Gasteiger partial charge on any atom is -0.383 e. The number of unbranched alkanes of at least 4 members (excludes halogenated alkanes) is 6. The molecule has 0 saturated heterocycles. The van der Waals surface area contributed by atoms with E-state index < -0.39 is 0 Å². The predicted octanol–water partition coefficient (Wildman–Crippen LogP) is 3.67. The maximum Gasteiger partial charge on any atom is 0.0750 e. The minimum atomic E-state index is 1.01. The van der Waals surface area contributed by atoms with Crippen molar-refractivity contribution in [1.29, 1.82) is 0 Å². The van der Waals surface area contributed by atoms with Crippen molar-refractivity contribution >= 4 is 17.2 Å². The SMILES string of the molecule is CCCCCCCCCC(=S)NC. The van der Waals surface area contributed by atoms with Crippen LogP contribution in [0.3, 0.4) is 0 Å². The summed E-state index contributed by atoms with van der Waals surface area (Å²) in [6, 6.07) is 0. The molecule has 0 atom stereocenters. The van der Waals surface area contributed by atoms with Crippen molar-refractivity contribution in [2.45, 2.75) is 58.3 Å². The molecular weight excluding hydrogens is 178 g/mol. The summed E-state index contributed by atoms with van der Waals surface area (Å²) >= 11 is 5.06. The lowest BCUT2D eigenvalue weighted by Crippen LogP contribution is -2.14. The molecule has 13 heavy (non-hydrogen) atoms. The Labute approximate surface area is 88.3 Å². The van der Waals surface area contributed by atoms with Crippen molar-refractivity contribution in [2.75, 3.05) is 7.05 Å². The van der Waals surface area contributed by atoms with Crippen LogP contribution in [0.15, 0.2) is 0 Å². The van der Waals surface area contributed by atoms with Crippen LogP contribution in [0, 0.1) is 0 Å². The van der Waals surface area contributed by atoms with Crippen molar-refractivity contribution in [3.05, 3.63) is 0 Å². The highest BCUT2D eigenvalue weighted by Crippen LogP contribution is 2.08. The molecule has 0 aromatic heterocycles. The van der Waals surface area contributed by atoms with E-state index in [2.05, 4.69) is 12.2 Å². The minimum absolute atomic E-state index is 1.01. The summed E-state index contributed by atoms with van der Waals surface area (Å²) in [6.07, 6.45) is 10.6. The Kier molecular flexibility index (Phi) is 9.89. The normalized spacial score (nSPS) is 10.0. The van der Waals surface area contributed by atoms with E-state index in [0.717, 1.165) is 11.4 Å². The molecule has 0 amide bonds. The molecule has 1 nitrogen and oxygen atoms in total. The fraction of sp³-hybridized carbons (Fsp3) is 0.909. The number of nitrogens with one attached hydrogen (secondary N) is 1. The van der Waals surface area contributed by atoms with Crippen molar-refractivity contribution in [2.24, 2.45) is 0 Å². The van der Waals surface area contributed by atoms with Crippen LogP contribution in [-0.2, 0) is 0 Å². The van der Waals surface area contributed by atoms with Gasteiger partial charge in [-0.3, -0.25) is 0 Å². The third kappa shape index (κ3) is 9.81. The van der Waals surface area contributed by atoms with E-state index >= 15 is 0 Å². The van der Waals surface area contributed by atoms with Gasteiger partial charge in [0.15, 0.2) is 0 Å². The fourth-order valence-electron chi connectivity index (χ4n) is 1.37. The molecular formula is C11H23NS. The van der Waals surface area contributed by atoms with Crippen molar-refractivity contribution < 1.29 is 0 Å². The van der Waals surface area contributed by atoms with Gasteiger partial charge in [-0.05, 0) is 12.8 Å². The first-order valence-electron chi connectivity index (χ1n) is 5.51. The second kappa shape index (κ2) is 9.97. The summed E-state index contributed by atoms with van der Waals surface area (Å²) in [7, 11) is 1.91. The van der Waals surface area contributed by atoms with Gasteiger partial charge in [-0.25, -0.2) is 0 Å². The van der Waals surface area contributed by atoms with E-state index in [1.807, 2.05) is 7.05 Å². The molecule has 0 rings (SSSR count). The lowest BCUT2D eigenvalue weighted by Gasteiger charge is -2.02. The van der Waals surface area contributed by atoms with Crippen molar-refractivity contribution in [3.63, 3.8) is 0 Å². The maximum atomic E-state index is 5.06. The lowest BCUT2D eigenvalue weighted by atomic mass is 10.1. The summed E-state index contributed by atoms with van der Waals surface area (Å²) in [5.74, 6) is 0. The first-order valence-corrected chi connectivity index (χ1v) is 5.92. The summed E-state index contributed by atoms with van der Waals surface area (Å²) in [6.45, 7) is 2.26. The van der Waals surface area contributed by atoms with E-state index in [4.69, 9.17) is 12.2 Å². The number of rotatable bonds is 8. The molecule has 0 aromatic rings. The Balaban J connectivity index is 2.95. The molecule has 0 bridgehead atoms. The molecule has 0 spiro atoms. The highest BCUT2D eigenvalue weighted by molar-refractivity contribution is 7.80. The highest BCUT2D eigenvalue weighted by Gasteiger charge is 1.93. The molecule has 1 N–H and O–H groups in total. The molecule has 78 valence electrons. The summed E-state index contributed by atoms with van der Waals surface area (Å²) < 4.78 is 0. The third-order valence-corrected chi connectivity index (χ3v) is 2.69.